The standard InChI is InChI=1S/C30H60O/c1-3-5-7-9-11-13-15-16-17-19-21-23-25-27-29-30(31)28-26-24-22-20-18-14-12-10-8-6-4-2/h3-29H2,1-2H3. The molecular weight excluding hydrogens is 376 g/mol. The van der Waals surface area contributed by atoms with E-state index in [0.29, 0.717) is 5.78 Å². The fraction of sp³-hybridized carbons (Fsp3) is 0.967. The summed E-state index contributed by atoms with van der Waals surface area (Å²) in [5, 5.41) is 0. The van der Waals surface area contributed by atoms with Crippen LogP contribution in [0.3, 0.4) is 0 Å². The molecule has 0 heterocycles. The van der Waals surface area contributed by atoms with E-state index < -0.39 is 0 Å². The van der Waals surface area contributed by atoms with Gasteiger partial charge in [0, 0.05) is 12.8 Å². The number of carbonyl (C=O) groups excluding carboxylic acids is 1. The molecule has 0 aromatic rings. The minimum atomic E-state index is 0.523. The predicted octanol–water partition coefficient (Wildman–Crippen LogP) is 11.1. The van der Waals surface area contributed by atoms with Crippen LogP contribution in [-0.4, -0.2) is 5.78 Å². The van der Waals surface area contributed by atoms with Crippen molar-refractivity contribution >= 4 is 5.78 Å². The van der Waals surface area contributed by atoms with Crippen LogP contribution in [0.4, 0.5) is 0 Å². The van der Waals surface area contributed by atoms with Crippen LogP contribution in [-0.2, 0) is 4.79 Å². The molecule has 31 heavy (non-hydrogen) atoms. The lowest BCUT2D eigenvalue weighted by molar-refractivity contribution is -0.119. The molecule has 0 aliphatic heterocycles. The van der Waals surface area contributed by atoms with Gasteiger partial charge in [-0.1, -0.05) is 162 Å². The lowest BCUT2D eigenvalue weighted by atomic mass is 10.0. The molecule has 0 rings (SSSR count). The maximum absolute atomic E-state index is 12.0. The smallest absolute Gasteiger partial charge is 0.132 e. The van der Waals surface area contributed by atoms with E-state index in [-0.39, 0.29) is 0 Å². The van der Waals surface area contributed by atoms with Crippen molar-refractivity contribution in [1.29, 1.82) is 0 Å². The van der Waals surface area contributed by atoms with Gasteiger partial charge in [-0.3, -0.25) is 4.79 Å². The summed E-state index contributed by atoms with van der Waals surface area (Å²) in [6, 6.07) is 0. The van der Waals surface area contributed by atoms with E-state index in [9.17, 15) is 4.79 Å². The molecule has 0 saturated heterocycles. The lowest BCUT2D eigenvalue weighted by Crippen LogP contribution is -1.97. The highest BCUT2D eigenvalue weighted by Crippen LogP contribution is 2.15. The van der Waals surface area contributed by atoms with E-state index in [1.165, 1.54) is 148 Å². The molecule has 0 spiro atoms. The summed E-state index contributed by atoms with van der Waals surface area (Å²) in [6.07, 6.45) is 36.0. The number of hydrogen-bond acceptors (Lipinski definition) is 1. The Morgan fingerprint density at radius 2 is 0.516 bits per heavy atom. The van der Waals surface area contributed by atoms with Crippen LogP contribution in [0.2, 0.25) is 0 Å². The monoisotopic (exact) mass is 436 g/mol. The SMILES string of the molecule is CCCCCCCCCCCCCCCCC(=O)CCCCCCCCCCCCC. The fourth-order valence-corrected chi connectivity index (χ4v) is 4.63. The fourth-order valence-electron chi connectivity index (χ4n) is 4.63. The quantitative estimate of drug-likeness (QED) is 0.117. The molecule has 0 aliphatic carbocycles. The maximum Gasteiger partial charge on any atom is 0.132 e. The summed E-state index contributed by atoms with van der Waals surface area (Å²) in [4.78, 5) is 12.0. The average molecular weight is 437 g/mol. The first-order valence-electron chi connectivity index (χ1n) is 14.8. The summed E-state index contributed by atoms with van der Waals surface area (Å²) in [6.45, 7) is 4.57. The van der Waals surface area contributed by atoms with Crippen LogP contribution in [0.25, 0.3) is 0 Å². The molecule has 0 bridgehead atoms. The highest BCUT2D eigenvalue weighted by atomic mass is 16.1. The number of unbranched alkanes of at least 4 members (excludes halogenated alkanes) is 23. The number of ketones is 1. The van der Waals surface area contributed by atoms with Crippen LogP contribution in [0.15, 0.2) is 0 Å². The number of Topliss-reactive ketones (excluding diaryl/α,β-unsaturated/α-hetero) is 1. The minimum absolute atomic E-state index is 0.523. The van der Waals surface area contributed by atoms with Gasteiger partial charge in [0.1, 0.15) is 5.78 Å². The molecule has 186 valence electrons. The number of hydrogen-bond donors (Lipinski definition) is 0. The average Bonchev–Trinajstić information content (AvgIpc) is 2.77. The topological polar surface area (TPSA) is 17.1 Å². The van der Waals surface area contributed by atoms with Crippen LogP contribution in [0.1, 0.15) is 187 Å². The summed E-state index contributed by atoms with van der Waals surface area (Å²) < 4.78 is 0. The van der Waals surface area contributed by atoms with Crippen molar-refractivity contribution in [3.05, 3.63) is 0 Å². The molecule has 0 fully saturated rings. The van der Waals surface area contributed by atoms with Crippen LogP contribution < -0.4 is 0 Å². The van der Waals surface area contributed by atoms with Gasteiger partial charge in [0.05, 0.1) is 0 Å². The summed E-state index contributed by atoms with van der Waals surface area (Å²) in [5.74, 6) is 0.523. The summed E-state index contributed by atoms with van der Waals surface area (Å²) in [5.41, 5.74) is 0. The molecule has 0 radical (unpaired) electrons. The Bertz CT molecular complexity index is 335. The zero-order chi connectivity index (χ0) is 22.7. The van der Waals surface area contributed by atoms with Crippen LogP contribution in [0.5, 0.6) is 0 Å². The molecule has 0 saturated carbocycles. The largest absolute Gasteiger partial charge is 0.300 e. The third-order valence-electron chi connectivity index (χ3n) is 6.87. The van der Waals surface area contributed by atoms with E-state index in [1.807, 2.05) is 0 Å². The van der Waals surface area contributed by atoms with Crippen molar-refractivity contribution in [3.63, 3.8) is 0 Å². The Morgan fingerprint density at radius 3 is 0.742 bits per heavy atom. The normalized spacial score (nSPS) is 11.3. The molecule has 0 unspecified atom stereocenters. The first-order valence-corrected chi connectivity index (χ1v) is 14.8. The molecule has 0 amide bonds. The third kappa shape index (κ3) is 27.6. The molecule has 0 aliphatic rings. The Balaban J connectivity index is 3.13. The van der Waals surface area contributed by atoms with Gasteiger partial charge in [-0.05, 0) is 12.8 Å². The van der Waals surface area contributed by atoms with Gasteiger partial charge in [0.15, 0.2) is 0 Å². The second-order valence-electron chi connectivity index (χ2n) is 10.2. The zero-order valence-corrected chi connectivity index (χ0v) is 22.0. The maximum atomic E-state index is 12.0. The van der Waals surface area contributed by atoms with Crippen molar-refractivity contribution < 1.29 is 4.79 Å². The second-order valence-corrected chi connectivity index (χ2v) is 10.2. The lowest BCUT2D eigenvalue weighted by Gasteiger charge is -2.04. The van der Waals surface area contributed by atoms with E-state index in [1.54, 1.807) is 0 Å². The van der Waals surface area contributed by atoms with Gasteiger partial charge in [0.25, 0.3) is 0 Å². The van der Waals surface area contributed by atoms with Crippen LogP contribution >= 0.6 is 0 Å². The van der Waals surface area contributed by atoms with E-state index in [2.05, 4.69) is 13.8 Å². The zero-order valence-electron chi connectivity index (χ0n) is 22.0. The Morgan fingerprint density at radius 1 is 0.323 bits per heavy atom. The molecular formula is C30H60O. The number of rotatable bonds is 27. The Kier molecular flexibility index (Phi) is 27.4. The summed E-state index contributed by atoms with van der Waals surface area (Å²) in [7, 11) is 0. The van der Waals surface area contributed by atoms with Crippen molar-refractivity contribution in [2.75, 3.05) is 0 Å². The van der Waals surface area contributed by atoms with Gasteiger partial charge in [-0.2, -0.15) is 0 Å². The Labute approximate surface area is 197 Å². The third-order valence-corrected chi connectivity index (χ3v) is 6.87. The number of carbonyl (C=O) groups is 1. The highest BCUT2D eigenvalue weighted by Gasteiger charge is 2.02. The van der Waals surface area contributed by atoms with Gasteiger partial charge < -0.3 is 0 Å². The second kappa shape index (κ2) is 27.7. The molecule has 0 N–H and O–H groups in total. The molecule has 0 aromatic heterocycles. The Hall–Kier alpha value is -0.330. The van der Waals surface area contributed by atoms with Gasteiger partial charge in [0.2, 0.25) is 0 Å². The van der Waals surface area contributed by atoms with Gasteiger partial charge >= 0.3 is 0 Å². The van der Waals surface area contributed by atoms with Gasteiger partial charge in [-0.25, -0.2) is 0 Å². The first-order chi connectivity index (χ1) is 15.3. The van der Waals surface area contributed by atoms with E-state index in [0.717, 1.165) is 25.7 Å². The van der Waals surface area contributed by atoms with Crippen molar-refractivity contribution in [3.8, 4) is 0 Å². The van der Waals surface area contributed by atoms with Crippen molar-refractivity contribution in [2.45, 2.75) is 187 Å². The molecule has 0 aromatic carbocycles. The van der Waals surface area contributed by atoms with Crippen molar-refractivity contribution in [2.24, 2.45) is 0 Å². The summed E-state index contributed by atoms with van der Waals surface area (Å²) >= 11 is 0. The van der Waals surface area contributed by atoms with Crippen molar-refractivity contribution in [1.82, 2.24) is 0 Å². The first kappa shape index (κ1) is 30.7. The molecule has 1 heteroatoms. The van der Waals surface area contributed by atoms with E-state index in [4.69, 9.17) is 0 Å². The van der Waals surface area contributed by atoms with E-state index >= 15 is 0 Å². The predicted molar refractivity (Wildman–Crippen MR) is 141 cm³/mol. The molecule has 1 nitrogen and oxygen atoms in total. The highest BCUT2D eigenvalue weighted by molar-refractivity contribution is 5.78. The molecule has 0 atom stereocenters. The minimum Gasteiger partial charge on any atom is -0.300 e. The van der Waals surface area contributed by atoms with Gasteiger partial charge in [-0.15, -0.1) is 0 Å². The van der Waals surface area contributed by atoms with Crippen LogP contribution in [0, 0.1) is 0 Å².